The quantitative estimate of drug-likeness (QED) is 0.886. The van der Waals surface area contributed by atoms with Crippen LogP contribution in [0.2, 0.25) is 0 Å². The highest BCUT2D eigenvalue weighted by molar-refractivity contribution is 6.00. The van der Waals surface area contributed by atoms with Gasteiger partial charge >= 0.3 is 0 Å². The van der Waals surface area contributed by atoms with Crippen LogP contribution in [0.15, 0.2) is 48.5 Å². The molecule has 0 aromatic heterocycles. The van der Waals surface area contributed by atoms with Crippen LogP contribution in [-0.4, -0.2) is 43.1 Å². The first-order chi connectivity index (χ1) is 12.7. The lowest BCUT2D eigenvalue weighted by molar-refractivity contribution is 0.0749. The molecule has 2 heterocycles. The van der Waals surface area contributed by atoms with Gasteiger partial charge in [0.15, 0.2) is 0 Å². The van der Waals surface area contributed by atoms with Crippen molar-refractivity contribution < 1.29 is 9.53 Å². The Balaban J connectivity index is 1.53. The van der Waals surface area contributed by atoms with Gasteiger partial charge in [-0.05, 0) is 55.7 Å². The minimum Gasteiger partial charge on any atom is -0.497 e. The number of hydrogen-bond acceptors (Lipinski definition) is 4. The third kappa shape index (κ3) is 3.53. The number of likely N-dealkylation sites (tertiary alicyclic amines) is 1. The molecule has 2 saturated heterocycles. The number of carbonyl (C=O) groups is 1. The van der Waals surface area contributed by atoms with Crippen molar-refractivity contribution in [1.82, 2.24) is 10.2 Å². The molecule has 2 bridgehead atoms. The molecule has 1 amide bonds. The van der Waals surface area contributed by atoms with Gasteiger partial charge in [0.05, 0.1) is 18.4 Å². The molecule has 0 aliphatic carbocycles. The fourth-order valence-corrected chi connectivity index (χ4v) is 3.91. The Labute approximate surface area is 154 Å². The maximum atomic E-state index is 13.2. The van der Waals surface area contributed by atoms with Crippen LogP contribution in [0.1, 0.15) is 29.6 Å². The van der Waals surface area contributed by atoms with Crippen molar-refractivity contribution in [2.24, 2.45) is 0 Å². The summed E-state index contributed by atoms with van der Waals surface area (Å²) in [5.41, 5.74) is 2.49. The number of para-hydroxylation sites is 1. The summed E-state index contributed by atoms with van der Waals surface area (Å²) in [4.78, 5) is 15.2. The number of fused-ring (bicyclic) bond motifs is 2. The average molecular weight is 351 g/mol. The van der Waals surface area contributed by atoms with Gasteiger partial charge in [0.2, 0.25) is 0 Å². The second kappa shape index (κ2) is 7.38. The van der Waals surface area contributed by atoms with Gasteiger partial charge in [0, 0.05) is 30.9 Å². The van der Waals surface area contributed by atoms with E-state index in [9.17, 15) is 4.79 Å². The molecular formula is C21H25N3O2. The van der Waals surface area contributed by atoms with Crippen LogP contribution in [0.5, 0.6) is 5.75 Å². The van der Waals surface area contributed by atoms with Gasteiger partial charge in [0.1, 0.15) is 5.75 Å². The molecule has 2 unspecified atom stereocenters. The second-order valence-corrected chi connectivity index (χ2v) is 7.08. The third-order valence-corrected chi connectivity index (χ3v) is 5.34. The molecule has 2 atom stereocenters. The Kier molecular flexibility index (Phi) is 4.80. The number of amides is 1. The lowest BCUT2D eigenvalue weighted by atomic mass is 10.1. The van der Waals surface area contributed by atoms with Crippen LogP contribution in [-0.2, 0) is 0 Å². The fraction of sp³-hybridized carbons (Fsp3) is 0.381. The summed E-state index contributed by atoms with van der Waals surface area (Å²) in [6, 6.07) is 16.5. The number of nitrogens with one attached hydrogen (secondary N) is 2. The highest BCUT2D eigenvalue weighted by atomic mass is 16.5. The number of nitrogens with zero attached hydrogens (tertiary/aromatic N) is 1. The van der Waals surface area contributed by atoms with Crippen molar-refractivity contribution in [2.45, 2.75) is 31.3 Å². The predicted octanol–water partition coefficient (Wildman–Crippen LogP) is 3.41. The van der Waals surface area contributed by atoms with Crippen LogP contribution < -0.4 is 15.4 Å². The summed E-state index contributed by atoms with van der Waals surface area (Å²) in [6.45, 7) is 1.62. The van der Waals surface area contributed by atoms with E-state index in [-0.39, 0.29) is 5.91 Å². The highest BCUT2D eigenvalue weighted by Crippen LogP contribution is 2.26. The summed E-state index contributed by atoms with van der Waals surface area (Å²) < 4.78 is 5.20. The fourth-order valence-electron chi connectivity index (χ4n) is 3.91. The molecule has 0 spiro atoms. The summed E-state index contributed by atoms with van der Waals surface area (Å²) in [5.74, 6) is 0.919. The van der Waals surface area contributed by atoms with Gasteiger partial charge in [-0.25, -0.2) is 0 Å². The van der Waals surface area contributed by atoms with Crippen molar-refractivity contribution in [1.29, 1.82) is 0 Å². The Morgan fingerprint density at radius 2 is 1.85 bits per heavy atom. The normalized spacial score (nSPS) is 22.0. The zero-order valence-electron chi connectivity index (χ0n) is 15.1. The maximum Gasteiger partial charge on any atom is 0.256 e. The zero-order chi connectivity index (χ0) is 17.9. The zero-order valence-corrected chi connectivity index (χ0v) is 15.1. The van der Waals surface area contributed by atoms with E-state index in [0.29, 0.717) is 12.1 Å². The smallest absolute Gasteiger partial charge is 0.256 e. The van der Waals surface area contributed by atoms with E-state index in [1.807, 2.05) is 53.4 Å². The number of methoxy groups -OCH3 is 1. The molecule has 136 valence electrons. The number of ether oxygens (including phenoxy) is 1. The Hall–Kier alpha value is -2.53. The molecule has 2 N–H and O–H groups in total. The molecule has 2 aliphatic heterocycles. The van der Waals surface area contributed by atoms with Gasteiger partial charge in [0.25, 0.3) is 5.91 Å². The van der Waals surface area contributed by atoms with E-state index in [2.05, 4.69) is 10.6 Å². The van der Waals surface area contributed by atoms with Gasteiger partial charge < -0.3 is 20.3 Å². The molecule has 0 radical (unpaired) electrons. The van der Waals surface area contributed by atoms with E-state index in [4.69, 9.17) is 4.74 Å². The van der Waals surface area contributed by atoms with E-state index in [1.54, 1.807) is 7.11 Å². The van der Waals surface area contributed by atoms with Crippen LogP contribution in [0.4, 0.5) is 11.4 Å². The minimum absolute atomic E-state index is 0.107. The van der Waals surface area contributed by atoms with Crippen molar-refractivity contribution in [3.63, 3.8) is 0 Å². The molecule has 26 heavy (non-hydrogen) atoms. The molecule has 2 aromatic carbocycles. The third-order valence-electron chi connectivity index (χ3n) is 5.34. The summed E-state index contributed by atoms with van der Waals surface area (Å²) in [5, 5.41) is 7.01. The summed E-state index contributed by atoms with van der Waals surface area (Å²) >= 11 is 0. The minimum atomic E-state index is 0.107. The first-order valence-corrected chi connectivity index (χ1v) is 9.28. The Bertz CT molecular complexity index is 775. The second-order valence-electron chi connectivity index (χ2n) is 7.08. The van der Waals surface area contributed by atoms with Crippen LogP contribution in [0.25, 0.3) is 0 Å². The van der Waals surface area contributed by atoms with E-state index >= 15 is 0 Å². The van der Waals surface area contributed by atoms with Crippen molar-refractivity contribution in [3.8, 4) is 5.75 Å². The number of hydrogen-bond donors (Lipinski definition) is 2. The van der Waals surface area contributed by atoms with Crippen molar-refractivity contribution >= 4 is 17.3 Å². The Morgan fingerprint density at radius 3 is 2.65 bits per heavy atom. The molecular weight excluding hydrogens is 326 g/mol. The van der Waals surface area contributed by atoms with Crippen LogP contribution >= 0.6 is 0 Å². The molecule has 0 saturated carbocycles. The van der Waals surface area contributed by atoms with Gasteiger partial charge in [-0.15, -0.1) is 0 Å². The van der Waals surface area contributed by atoms with Gasteiger partial charge in [-0.1, -0.05) is 12.1 Å². The first kappa shape index (κ1) is 16.9. The van der Waals surface area contributed by atoms with Gasteiger partial charge in [-0.3, -0.25) is 4.79 Å². The lowest BCUT2D eigenvalue weighted by Gasteiger charge is -2.25. The summed E-state index contributed by atoms with van der Waals surface area (Å²) in [7, 11) is 1.65. The van der Waals surface area contributed by atoms with E-state index < -0.39 is 0 Å². The van der Waals surface area contributed by atoms with E-state index in [1.165, 1.54) is 12.8 Å². The standard InChI is InChI=1S/C21H25N3O2/c1-26-18-10-8-15(9-11-18)23-20-5-3-2-4-19(20)21(25)24-13-12-16-6-7-17(14-24)22-16/h2-5,8-11,16-17,22-23H,6-7,12-14H2,1H3. The SMILES string of the molecule is COc1ccc(Nc2ccccc2C(=O)N2CCC3CCC(C2)N3)cc1. The lowest BCUT2D eigenvalue weighted by Crippen LogP contribution is -2.39. The largest absolute Gasteiger partial charge is 0.497 e. The van der Waals surface area contributed by atoms with Crippen molar-refractivity contribution in [3.05, 3.63) is 54.1 Å². The molecule has 2 aliphatic rings. The van der Waals surface area contributed by atoms with Gasteiger partial charge in [-0.2, -0.15) is 0 Å². The molecule has 2 fully saturated rings. The maximum absolute atomic E-state index is 13.2. The monoisotopic (exact) mass is 351 g/mol. The number of anilines is 2. The van der Waals surface area contributed by atoms with E-state index in [0.717, 1.165) is 42.2 Å². The van der Waals surface area contributed by atoms with Crippen molar-refractivity contribution in [2.75, 3.05) is 25.5 Å². The summed E-state index contributed by atoms with van der Waals surface area (Å²) in [6.07, 6.45) is 3.44. The van der Waals surface area contributed by atoms with Crippen LogP contribution in [0.3, 0.4) is 0 Å². The molecule has 4 rings (SSSR count). The number of carbonyl (C=O) groups excluding carboxylic acids is 1. The number of rotatable bonds is 4. The Morgan fingerprint density at radius 1 is 1.08 bits per heavy atom. The highest BCUT2D eigenvalue weighted by Gasteiger charge is 2.31. The predicted molar refractivity (Wildman–Crippen MR) is 103 cm³/mol. The topological polar surface area (TPSA) is 53.6 Å². The molecule has 5 nitrogen and oxygen atoms in total. The number of benzene rings is 2. The average Bonchev–Trinajstić information content (AvgIpc) is 3.01. The van der Waals surface area contributed by atoms with Crippen LogP contribution in [0, 0.1) is 0 Å². The first-order valence-electron chi connectivity index (χ1n) is 9.28. The molecule has 2 aromatic rings. The molecule has 5 heteroatoms.